The van der Waals surface area contributed by atoms with Gasteiger partial charge in [0.2, 0.25) is 0 Å². The number of piperidine rings is 1. The summed E-state index contributed by atoms with van der Waals surface area (Å²) in [5, 5.41) is 0. The van der Waals surface area contributed by atoms with E-state index in [2.05, 4.69) is 23.1 Å². The van der Waals surface area contributed by atoms with Crippen LogP contribution in [0.4, 0.5) is 4.79 Å². The van der Waals surface area contributed by atoms with Crippen molar-refractivity contribution in [2.24, 2.45) is 5.92 Å². The highest BCUT2D eigenvalue weighted by Gasteiger charge is 2.55. The second-order valence-electron chi connectivity index (χ2n) is 10.5. The summed E-state index contributed by atoms with van der Waals surface area (Å²) in [6.45, 7) is 1.91. The summed E-state index contributed by atoms with van der Waals surface area (Å²) in [7, 11) is 0. The molecule has 2 saturated carbocycles. The Hall–Kier alpha value is -2.49. The third kappa shape index (κ3) is 3.82. The highest BCUT2D eigenvalue weighted by molar-refractivity contribution is 5.69. The molecule has 0 unspecified atom stereocenters. The van der Waals surface area contributed by atoms with Crippen molar-refractivity contribution in [3.8, 4) is 5.75 Å². The molecule has 0 N–H and O–H groups in total. The van der Waals surface area contributed by atoms with Crippen LogP contribution in [0.5, 0.6) is 5.75 Å². The standard InChI is InChI=1S/C29H34NO3/c31-28(33-20-21-7-2-1-3-8-21)30-16-15-29-14-5-4-11-25(29)27(30)17-23-12-13-24(18-26(23)29)32-19-22-9-6-10-22/h1-3,7-8,12-13,18,25,27H,4-6,9-11,14-17,19-20H2/t25-,27+,29+/m0/s1. The van der Waals surface area contributed by atoms with E-state index in [1.54, 1.807) is 5.92 Å². The Morgan fingerprint density at radius 2 is 1.88 bits per heavy atom. The van der Waals surface area contributed by atoms with Crippen molar-refractivity contribution in [1.29, 1.82) is 0 Å². The third-order valence-corrected chi connectivity index (χ3v) is 8.75. The summed E-state index contributed by atoms with van der Waals surface area (Å²) in [5.74, 6) is 3.09. The van der Waals surface area contributed by atoms with Gasteiger partial charge in [-0.25, -0.2) is 4.79 Å². The van der Waals surface area contributed by atoms with Gasteiger partial charge in [0.15, 0.2) is 0 Å². The molecule has 1 radical (unpaired) electrons. The van der Waals surface area contributed by atoms with Gasteiger partial charge in [0, 0.05) is 23.9 Å². The Morgan fingerprint density at radius 3 is 2.70 bits per heavy atom. The molecule has 33 heavy (non-hydrogen) atoms. The number of ether oxygens (including phenoxy) is 2. The van der Waals surface area contributed by atoms with Crippen LogP contribution in [0.3, 0.4) is 0 Å². The fourth-order valence-electron chi connectivity index (χ4n) is 6.86. The van der Waals surface area contributed by atoms with E-state index in [0.29, 0.717) is 12.5 Å². The van der Waals surface area contributed by atoms with Gasteiger partial charge in [0.1, 0.15) is 12.4 Å². The minimum absolute atomic E-state index is 0.149. The van der Waals surface area contributed by atoms with Gasteiger partial charge in [-0.1, -0.05) is 55.7 Å². The van der Waals surface area contributed by atoms with Crippen LogP contribution in [-0.2, 0) is 23.2 Å². The maximum Gasteiger partial charge on any atom is 0.410 e. The summed E-state index contributed by atoms with van der Waals surface area (Å²) < 4.78 is 12.0. The lowest BCUT2D eigenvalue weighted by Crippen LogP contribution is -2.62. The van der Waals surface area contributed by atoms with E-state index in [-0.39, 0.29) is 17.6 Å². The van der Waals surface area contributed by atoms with Crippen LogP contribution in [0.15, 0.2) is 48.5 Å². The highest BCUT2D eigenvalue weighted by Crippen LogP contribution is 2.56. The molecule has 4 nitrogen and oxygen atoms in total. The Kier molecular flexibility index (Phi) is 5.55. The van der Waals surface area contributed by atoms with Crippen molar-refractivity contribution >= 4 is 6.09 Å². The molecule has 1 saturated heterocycles. The maximum absolute atomic E-state index is 13.2. The fourth-order valence-corrected chi connectivity index (χ4v) is 6.86. The van der Waals surface area contributed by atoms with Crippen LogP contribution >= 0.6 is 0 Å². The zero-order valence-corrected chi connectivity index (χ0v) is 19.4. The smallest absolute Gasteiger partial charge is 0.410 e. The van der Waals surface area contributed by atoms with Gasteiger partial charge in [0.05, 0.1) is 6.61 Å². The van der Waals surface area contributed by atoms with Gasteiger partial charge in [0.25, 0.3) is 0 Å². The zero-order chi connectivity index (χ0) is 22.3. The molecule has 4 aliphatic rings. The first kappa shape index (κ1) is 21.1. The minimum Gasteiger partial charge on any atom is -0.493 e. The van der Waals surface area contributed by atoms with E-state index in [9.17, 15) is 4.79 Å². The van der Waals surface area contributed by atoms with Crippen LogP contribution in [0.25, 0.3) is 0 Å². The van der Waals surface area contributed by atoms with Gasteiger partial charge < -0.3 is 14.4 Å². The van der Waals surface area contributed by atoms with E-state index in [4.69, 9.17) is 9.47 Å². The number of hydrogen-bond donors (Lipinski definition) is 0. The average Bonchev–Trinajstić information content (AvgIpc) is 2.82. The molecule has 6 rings (SSSR count). The largest absolute Gasteiger partial charge is 0.493 e. The van der Waals surface area contributed by atoms with Gasteiger partial charge in [-0.2, -0.15) is 0 Å². The number of likely N-dealkylation sites (tertiary alicyclic amines) is 1. The number of amides is 1. The number of nitrogens with zero attached hydrogens (tertiary/aromatic N) is 1. The molecule has 1 amide bonds. The first-order chi connectivity index (χ1) is 16.2. The lowest BCUT2D eigenvalue weighted by molar-refractivity contribution is -0.0137. The first-order valence-electron chi connectivity index (χ1n) is 12.8. The monoisotopic (exact) mass is 444 g/mol. The SMILES string of the molecule is O=C(OCc1ccccc1)N1CC[C@]23CCCC[C@H]2[C@H]1Cc1ccc(OC[C]2CCC2)cc13. The molecule has 0 spiro atoms. The fraction of sp³-hybridized carbons (Fsp3) is 0.517. The molecule has 2 bridgehead atoms. The quantitative estimate of drug-likeness (QED) is 0.550. The molecule has 2 aromatic rings. The first-order valence-corrected chi connectivity index (χ1v) is 12.8. The van der Waals surface area contributed by atoms with Gasteiger partial charge in [-0.05, 0) is 73.3 Å². The van der Waals surface area contributed by atoms with Crippen LogP contribution in [-0.4, -0.2) is 30.2 Å². The van der Waals surface area contributed by atoms with Crippen molar-refractivity contribution in [2.45, 2.75) is 75.9 Å². The van der Waals surface area contributed by atoms with Crippen LogP contribution < -0.4 is 4.74 Å². The van der Waals surface area contributed by atoms with Crippen molar-refractivity contribution < 1.29 is 14.3 Å². The number of carbonyl (C=O) groups excluding carboxylic acids is 1. The van der Waals surface area contributed by atoms with Gasteiger partial charge in [-0.3, -0.25) is 0 Å². The average molecular weight is 445 g/mol. The molecule has 3 fully saturated rings. The number of rotatable bonds is 5. The number of carbonyl (C=O) groups is 1. The predicted octanol–water partition coefficient (Wildman–Crippen LogP) is 6.22. The summed E-state index contributed by atoms with van der Waals surface area (Å²) in [6.07, 6.45) is 10.6. The van der Waals surface area contributed by atoms with E-state index in [0.717, 1.165) is 37.3 Å². The molecular formula is C29H34NO3. The van der Waals surface area contributed by atoms with Crippen molar-refractivity contribution in [3.63, 3.8) is 0 Å². The molecule has 1 aliphatic heterocycles. The number of hydrogen-bond acceptors (Lipinski definition) is 3. The van der Waals surface area contributed by atoms with Crippen molar-refractivity contribution in [3.05, 3.63) is 71.1 Å². The van der Waals surface area contributed by atoms with E-state index >= 15 is 0 Å². The normalized spacial score (nSPS) is 28.3. The molecule has 1 heterocycles. The minimum atomic E-state index is -0.149. The molecular weight excluding hydrogens is 410 g/mol. The summed E-state index contributed by atoms with van der Waals surface area (Å²) in [4.78, 5) is 15.2. The Balaban J connectivity index is 1.23. The highest BCUT2D eigenvalue weighted by atomic mass is 16.6. The van der Waals surface area contributed by atoms with Crippen molar-refractivity contribution in [2.75, 3.05) is 13.2 Å². The molecule has 3 atom stereocenters. The molecule has 173 valence electrons. The molecule has 0 aromatic heterocycles. The lowest BCUT2D eigenvalue weighted by atomic mass is 9.52. The maximum atomic E-state index is 13.2. The van der Waals surface area contributed by atoms with Crippen LogP contribution in [0.2, 0.25) is 0 Å². The second-order valence-corrected chi connectivity index (χ2v) is 10.5. The van der Waals surface area contributed by atoms with Crippen molar-refractivity contribution in [1.82, 2.24) is 4.90 Å². The Bertz CT molecular complexity index is 1000. The molecule has 4 heteroatoms. The number of benzene rings is 2. The van der Waals surface area contributed by atoms with Crippen LogP contribution in [0, 0.1) is 11.8 Å². The molecule has 2 aromatic carbocycles. The number of fused-ring (bicyclic) bond motifs is 1. The van der Waals surface area contributed by atoms with E-state index < -0.39 is 0 Å². The Morgan fingerprint density at radius 1 is 1.00 bits per heavy atom. The summed E-state index contributed by atoms with van der Waals surface area (Å²) in [6, 6.07) is 17.0. The van der Waals surface area contributed by atoms with Gasteiger partial charge in [-0.15, -0.1) is 0 Å². The molecule has 3 aliphatic carbocycles. The third-order valence-electron chi connectivity index (χ3n) is 8.75. The summed E-state index contributed by atoms with van der Waals surface area (Å²) in [5.41, 5.74) is 4.14. The lowest BCUT2D eigenvalue weighted by Gasteiger charge is -2.58. The zero-order valence-electron chi connectivity index (χ0n) is 19.4. The Labute approximate surface area is 197 Å². The van der Waals surface area contributed by atoms with E-state index in [1.807, 2.05) is 30.3 Å². The van der Waals surface area contributed by atoms with Gasteiger partial charge >= 0.3 is 6.09 Å². The van der Waals surface area contributed by atoms with E-state index in [1.165, 1.54) is 56.1 Å². The van der Waals surface area contributed by atoms with Crippen LogP contribution in [0.1, 0.15) is 68.1 Å². The second kappa shape index (κ2) is 8.70. The topological polar surface area (TPSA) is 38.8 Å². The predicted molar refractivity (Wildman–Crippen MR) is 128 cm³/mol. The summed E-state index contributed by atoms with van der Waals surface area (Å²) >= 11 is 0.